The van der Waals surface area contributed by atoms with Gasteiger partial charge in [0.15, 0.2) is 0 Å². The van der Waals surface area contributed by atoms with E-state index in [1.165, 1.54) is 18.3 Å². The van der Waals surface area contributed by atoms with Crippen molar-refractivity contribution in [2.24, 2.45) is 0 Å². The molecule has 1 aromatic rings. The second-order valence-corrected chi connectivity index (χ2v) is 4.56. The zero-order valence-corrected chi connectivity index (χ0v) is 10.8. The Kier molecular flexibility index (Phi) is 5.62. The van der Waals surface area contributed by atoms with Gasteiger partial charge in [0.25, 0.3) is 0 Å². The van der Waals surface area contributed by atoms with Crippen LogP contribution in [0.15, 0.2) is 11.6 Å². The van der Waals surface area contributed by atoms with E-state index in [1.807, 2.05) is 12.3 Å². The molecule has 1 aromatic heterocycles. The molecule has 0 unspecified atom stereocenters. The maximum atomic E-state index is 11.6. The zero-order chi connectivity index (χ0) is 12.7. The number of carbonyl (C=O) groups excluding carboxylic acids is 2. The van der Waals surface area contributed by atoms with Crippen LogP contribution in [-0.4, -0.2) is 23.3 Å². The molecule has 1 heterocycles. The molecule has 0 aliphatic carbocycles. The van der Waals surface area contributed by atoms with Gasteiger partial charge in [-0.1, -0.05) is 6.92 Å². The van der Waals surface area contributed by atoms with Gasteiger partial charge in [-0.05, 0) is 6.42 Å². The predicted molar refractivity (Wildman–Crippen MR) is 66.6 cm³/mol. The largest absolute Gasteiger partial charge is 0.356 e. The Hall–Kier alpha value is -1.43. The second-order valence-electron chi connectivity index (χ2n) is 3.63. The summed E-state index contributed by atoms with van der Waals surface area (Å²) in [7, 11) is 0. The lowest BCUT2D eigenvalue weighted by atomic mass is 10.2. The second kappa shape index (κ2) is 7.01. The number of nitrogens with zero attached hydrogens (tertiary/aromatic N) is 1. The Morgan fingerprint density at radius 1 is 1.53 bits per heavy atom. The summed E-state index contributed by atoms with van der Waals surface area (Å²) in [5.74, 6) is -0.189. The summed E-state index contributed by atoms with van der Waals surface area (Å²) in [5.41, 5.74) is 0. The Balaban J connectivity index is 2.36. The smallest absolute Gasteiger partial charge is 0.222 e. The summed E-state index contributed by atoms with van der Waals surface area (Å²) in [5, 5.41) is 8.30. The molecule has 2 amide bonds. The van der Waals surface area contributed by atoms with Crippen molar-refractivity contribution in [3.05, 3.63) is 16.6 Å². The van der Waals surface area contributed by atoms with Gasteiger partial charge in [-0.3, -0.25) is 9.59 Å². The van der Waals surface area contributed by atoms with Crippen molar-refractivity contribution in [2.45, 2.75) is 32.7 Å². The van der Waals surface area contributed by atoms with Crippen LogP contribution in [0.3, 0.4) is 0 Å². The van der Waals surface area contributed by atoms with Crippen LogP contribution in [-0.2, 0) is 9.59 Å². The average molecular weight is 255 g/mol. The molecule has 0 bridgehead atoms. The molecule has 0 aromatic carbocycles. The molecular formula is C11H17N3O2S. The fraction of sp³-hybridized carbons (Fsp3) is 0.545. The molecule has 0 radical (unpaired) electrons. The standard InChI is InChI=1S/C11H17N3O2S/c1-3-9(11-13-6-7-17-11)14-10(16)4-5-12-8(2)15/h6-7,9H,3-5H2,1-2H3,(H,12,15)(H,14,16)/t9-/m0/s1. The maximum Gasteiger partial charge on any atom is 0.222 e. The van der Waals surface area contributed by atoms with Crippen LogP contribution in [0.2, 0.25) is 0 Å². The third kappa shape index (κ3) is 4.95. The highest BCUT2D eigenvalue weighted by Gasteiger charge is 2.14. The summed E-state index contributed by atoms with van der Waals surface area (Å²) in [6.45, 7) is 3.80. The first kappa shape index (κ1) is 13.6. The van der Waals surface area contributed by atoms with Gasteiger partial charge in [-0.25, -0.2) is 4.98 Å². The average Bonchev–Trinajstić information content (AvgIpc) is 2.78. The predicted octanol–water partition coefficient (Wildman–Crippen LogP) is 1.24. The lowest BCUT2D eigenvalue weighted by Gasteiger charge is -2.14. The van der Waals surface area contributed by atoms with E-state index in [2.05, 4.69) is 15.6 Å². The van der Waals surface area contributed by atoms with Crippen LogP contribution in [0.1, 0.15) is 37.7 Å². The molecule has 0 aliphatic heterocycles. The number of aromatic nitrogens is 1. The SMILES string of the molecule is CC[C@H](NC(=O)CCNC(C)=O)c1nccs1. The lowest BCUT2D eigenvalue weighted by molar-refractivity contribution is -0.122. The van der Waals surface area contributed by atoms with Crippen molar-refractivity contribution in [2.75, 3.05) is 6.54 Å². The number of amides is 2. The van der Waals surface area contributed by atoms with Crippen molar-refractivity contribution < 1.29 is 9.59 Å². The van der Waals surface area contributed by atoms with E-state index in [9.17, 15) is 9.59 Å². The lowest BCUT2D eigenvalue weighted by Crippen LogP contribution is -2.32. The Morgan fingerprint density at radius 3 is 2.82 bits per heavy atom. The van der Waals surface area contributed by atoms with E-state index in [4.69, 9.17) is 0 Å². The number of nitrogens with one attached hydrogen (secondary N) is 2. The van der Waals surface area contributed by atoms with Crippen LogP contribution < -0.4 is 10.6 Å². The minimum absolute atomic E-state index is 0.0279. The summed E-state index contributed by atoms with van der Waals surface area (Å²) in [6.07, 6.45) is 2.83. The van der Waals surface area contributed by atoms with Gasteiger partial charge in [-0.15, -0.1) is 11.3 Å². The van der Waals surface area contributed by atoms with E-state index in [-0.39, 0.29) is 17.9 Å². The fourth-order valence-corrected chi connectivity index (χ4v) is 2.14. The molecule has 94 valence electrons. The Labute approximate surface area is 105 Å². The van der Waals surface area contributed by atoms with Crippen LogP contribution in [0.25, 0.3) is 0 Å². The normalized spacial score (nSPS) is 11.9. The summed E-state index contributed by atoms with van der Waals surface area (Å²) in [4.78, 5) is 26.4. The van der Waals surface area contributed by atoms with E-state index in [1.54, 1.807) is 6.20 Å². The van der Waals surface area contributed by atoms with Crippen molar-refractivity contribution in [1.82, 2.24) is 15.6 Å². The first-order valence-corrected chi connectivity index (χ1v) is 6.44. The molecule has 1 rings (SSSR count). The summed E-state index contributed by atoms with van der Waals surface area (Å²) in [6, 6.07) is -0.0279. The minimum atomic E-state index is -0.121. The molecule has 0 saturated carbocycles. The highest BCUT2D eigenvalue weighted by Crippen LogP contribution is 2.18. The van der Waals surface area contributed by atoms with Crippen LogP contribution >= 0.6 is 11.3 Å². The van der Waals surface area contributed by atoms with Gasteiger partial charge in [0, 0.05) is 31.5 Å². The van der Waals surface area contributed by atoms with Gasteiger partial charge in [0.2, 0.25) is 11.8 Å². The monoisotopic (exact) mass is 255 g/mol. The van der Waals surface area contributed by atoms with Gasteiger partial charge in [0.1, 0.15) is 5.01 Å². The minimum Gasteiger partial charge on any atom is -0.356 e. The molecule has 0 fully saturated rings. The van der Waals surface area contributed by atoms with Crippen LogP contribution in [0.4, 0.5) is 0 Å². The first-order valence-electron chi connectivity index (χ1n) is 5.56. The molecule has 0 saturated heterocycles. The third-order valence-electron chi connectivity index (χ3n) is 2.22. The van der Waals surface area contributed by atoms with Crippen molar-refractivity contribution >= 4 is 23.2 Å². The third-order valence-corrected chi connectivity index (χ3v) is 3.11. The topological polar surface area (TPSA) is 71.1 Å². The molecule has 0 spiro atoms. The summed E-state index contributed by atoms with van der Waals surface area (Å²) < 4.78 is 0. The number of thiazole rings is 1. The number of hydrogen-bond donors (Lipinski definition) is 2. The fourth-order valence-electron chi connectivity index (χ4n) is 1.36. The zero-order valence-electron chi connectivity index (χ0n) is 10.0. The van der Waals surface area contributed by atoms with Gasteiger partial charge in [-0.2, -0.15) is 0 Å². The van der Waals surface area contributed by atoms with Crippen molar-refractivity contribution in [3.63, 3.8) is 0 Å². The first-order chi connectivity index (χ1) is 8.13. The van der Waals surface area contributed by atoms with E-state index in [0.717, 1.165) is 11.4 Å². The molecule has 2 N–H and O–H groups in total. The molecule has 5 nitrogen and oxygen atoms in total. The molecular weight excluding hydrogens is 238 g/mol. The molecule has 6 heteroatoms. The van der Waals surface area contributed by atoms with Gasteiger partial charge < -0.3 is 10.6 Å². The van der Waals surface area contributed by atoms with E-state index < -0.39 is 0 Å². The van der Waals surface area contributed by atoms with Crippen molar-refractivity contribution in [3.8, 4) is 0 Å². The van der Waals surface area contributed by atoms with Gasteiger partial charge in [0.05, 0.1) is 6.04 Å². The van der Waals surface area contributed by atoms with E-state index in [0.29, 0.717) is 13.0 Å². The molecule has 17 heavy (non-hydrogen) atoms. The van der Waals surface area contributed by atoms with Gasteiger partial charge >= 0.3 is 0 Å². The highest BCUT2D eigenvalue weighted by molar-refractivity contribution is 7.09. The Bertz CT molecular complexity index is 365. The quantitative estimate of drug-likeness (QED) is 0.803. The van der Waals surface area contributed by atoms with Crippen LogP contribution in [0, 0.1) is 0 Å². The van der Waals surface area contributed by atoms with E-state index >= 15 is 0 Å². The highest BCUT2D eigenvalue weighted by atomic mass is 32.1. The molecule has 1 atom stereocenters. The number of hydrogen-bond acceptors (Lipinski definition) is 4. The van der Waals surface area contributed by atoms with Crippen molar-refractivity contribution in [1.29, 1.82) is 0 Å². The number of carbonyl (C=O) groups is 2. The maximum absolute atomic E-state index is 11.6. The number of rotatable bonds is 6. The molecule has 0 aliphatic rings. The Morgan fingerprint density at radius 2 is 2.29 bits per heavy atom. The van der Waals surface area contributed by atoms with Crippen LogP contribution in [0.5, 0.6) is 0 Å². The summed E-state index contributed by atoms with van der Waals surface area (Å²) >= 11 is 1.53.